The monoisotopic (exact) mass is 377 g/mol. The van der Waals surface area contributed by atoms with Gasteiger partial charge in [-0.25, -0.2) is 9.97 Å². The van der Waals surface area contributed by atoms with Crippen LogP contribution in [0.1, 0.15) is 32.1 Å². The lowest BCUT2D eigenvalue weighted by atomic mass is 9.93. The maximum absolute atomic E-state index is 13.2. The van der Waals surface area contributed by atoms with Crippen molar-refractivity contribution >= 4 is 34.3 Å². The Morgan fingerprint density at radius 1 is 0.963 bits per heavy atom. The number of para-hydroxylation sites is 2. The Morgan fingerprint density at radius 2 is 1.70 bits per heavy atom. The molecule has 0 N–H and O–H groups in total. The van der Waals surface area contributed by atoms with Crippen LogP contribution < -0.4 is 4.90 Å². The Bertz CT molecular complexity index is 904. The predicted octanol–water partition coefficient (Wildman–Crippen LogP) is 5.09. The van der Waals surface area contributed by atoms with Crippen LogP contribution in [0.2, 0.25) is 0 Å². The van der Waals surface area contributed by atoms with Gasteiger partial charge in [-0.3, -0.25) is 4.79 Å². The number of anilines is 1. The highest BCUT2D eigenvalue weighted by Gasteiger charge is 2.26. The first kappa shape index (κ1) is 18.0. The second-order valence-electron chi connectivity index (χ2n) is 6.88. The molecular weight excluding hydrogens is 354 g/mol. The molecule has 138 valence electrons. The van der Waals surface area contributed by atoms with Crippen LogP contribution in [0.3, 0.4) is 0 Å². The summed E-state index contributed by atoms with van der Waals surface area (Å²) in [7, 11) is 0. The zero-order valence-electron chi connectivity index (χ0n) is 15.3. The molecule has 27 heavy (non-hydrogen) atoms. The van der Waals surface area contributed by atoms with Gasteiger partial charge < -0.3 is 4.90 Å². The molecular formula is C22H23N3OS. The van der Waals surface area contributed by atoms with Crippen molar-refractivity contribution in [2.75, 3.05) is 10.7 Å². The first-order valence-electron chi connectivity index (χ1n) is 9.52. The molecule has 1 aromatic heterocycles. The predicted molar refractivity (Wildman–Crippen MR) is 111 cm³/mol. The fourth-order valence-corrected chi connectivity index (χ4v) is 4.63. The Kier molecular flexibility index (Phi) is 5.68. The third-order valence-corrected chi connectivity index (χ3v) is 6.07. The molecule has 1 fully saturated rings. The summed E-state index contributed by atoms with van der Waals surface area (Å²) in [6.45, 7) is 0. The molecule has 1 aliphatic rings. The molecule has 0 saturated heterocycles. The Hall–Kier alpha value is -2.40. The smallest absolute Gasteiger partial charge is 0.237 e. The van der Waals surface area contributed by atoms with Crippen LogP contribution in [0.25, 0.3) is 10.9 Å². The van der Waals surface area contributed by atoms with Crippen molar-refractivity contribution in [2.45, 2.75) is 43.2 Å². The number of benzene rings is 2. The number of thioether (sulfide) groups is 1. The molecule has 0 aliphatic heterocycles. The van der Waals surface area contributed by atoms with Crippen molar-refractivity contribution in [1.82, 2.24) is 9.97 Å². The standard InChI is InChI=1S/C22H23N3OS/c26-21(15-27-22-19-13-7-8-14-20(19)23-16-24-22)25(17-9-3-1-4-10-17)18-11-5-2-6-12-18/h1,3-4,7-10,13-14,16,18H,2,5-6,11-12,15H2. The molecule has 0 spiro atoms. The van der Waals surface area contributed by atoms with Crippen LogP contribution in [0.15, 0.2) is 66.0 Å². The number of hydrogen-bond acceptors (Lipinski definition) is 4. The summed E-state index contributed by atoms with van der Waals surface area (Å²) >= 11 is 1.50. The molecule has 1 heterocycles. The van der Waals surface area contributed by atoms with Gasteiger partial charge in [0.2, 0.25) is 5.91 Å². The minimum Gasteiger partial charge on any atom is -0.309 e. The van der Waals surface area contributed by atoms with E-state index in [-0.39, 0.29) is 5.91 Å². The summed E-state index contributed by atoms with van der Waals surface area (Å²) in [4.78, 5) is 23.9. The van der Waals surface area contributed by atoms with Crippen molar-refractivity contribution in [2.24, 2.45) is 0 Å². The van der Waals surface area contributed by atoms with Crippen LogP contribution in [0.5, 0.6) is 0 Å². The van der Waals surface area contributed by atoms with Crippen LogP contribution in [-0.2, 0) is 4.79 Å². The van der Waals surface area contributed by atoms with Gasteiger partial charge in [-0.15, -0.1) is 0 Å². The molecule has 0 bridgehead atoms. The van der Waals surface area contributed by atoms with Crippen molar-refractivity contribution in [3.63, 3.8) is 0 Å². The van der Waals surface area contributed by atoms with E-state index in [9.17, 15) is 4.79 Å². The van der Waals surface area contributed by atoms with Gasteiger partial charge in [0.25, 0.3) is 0 Å². The zero-order chi connectivity index (χ0) is 18.5. The molecule has 1 saturated carbocycles. The maximum Gasteiger partial charge on any atom is 0.237 e. The molecule has 2 aromatic carbocycles. The number of carbonyl (C=O) groups excluding carboxylic acids is 1. The van der Waals surface area contributed by atoms with Gasteiger partial charge in [-0.2, -0.15) is 0 Å². The van der Waals surface area contributed by atoms with E-state index in [0.717, 1.165) is 34.5 Å². The Labute approximate surface area is 164 Å². The number of amides is 1. The Morgan fingerprint density at radius 3 is 2.52 bits per heavy atom. The van der Waals surface area contributed by atoms with Crippen LogP contribution in [-0.4, -0.2) is 27.7 Å². The Balaban J connectivity index is 1.54. The van der Waals surface area contributed by atoms with Gasteiger partial charge in [-0.1, -0.05) is 67.4 Å². The molecule has 1 aliphatic carbocycles. The lowest BCUT2D eigenvalue weighted by Crippen LogP contribution is -2.42. The summed E-state index contributed by atoms with van der Waals surface area (Å²) in [6, 6.07) is 18.3. The molecule has 1 amide bonds. The van der Waals surface area contributed by atoms with E-state index in [2.05, 4.69) is 9.97 Å². The number of aromatic nitrogens is 2. The highest BCUT2D eigenvalue weighted by Crippen LogP contribution is 2.30. The number of fused-ring (bicyclic) bond motifs is 1. The first-order valence-corrected chi connectivity index (χ1v) is 10.5. The van der Waals surface area contributed by atoms with E-state index in [1.54, 1.807) is 6.33 Å². The highest BCUT2D eigenvalue weighted by molar-refractivity contribution is 8.00. The molecule has 0 atom stereocenters. The second kappa shape index (κ2) is 8.53. The lowest BCUT2D eigenvalue weighted by Gasteiger charge is -2.34. The van der Waals surface area contributed by atoms with E-state index in [1.807, 2.05) is 59.5 Å². The average molecular weight is 378 g/mol. The number of nitrogens with zero attached hydrogens (tertiary/aromatic N) is 3. The van der Waals surface area contributed by atoms with Gasteiger partial charge in [0, 0.05) is 17.1 Å². The average Bonchev–Trinajstić information content (AvgIpc) is 2.74. The molecule has 0 unspecified atom stereocenters. The van der Waals surface area contributed by atoms with Gasteiger partial charge in [0.05, 0.1) is 11.3 Å². The molecule has 4 nitrogen and oxygen atoms in total. The first-order chi connectivity index (χ1) is 13.3. The van der Waals surface area contributed by atoms with Crippen LogP contribution in [0.4, 0.5) is 5.69 Å². The van der Waals surface area contributed by atoms with E-state index >= 15 is 0 Å². The van der Waals surface area contributed by atoms with E-state index in [4.69, 9.17) is 0 Å². The topological polar surface area (TPSA) is 46.1 Å². The van der Waals surface area contributed by atoms with Crippen LogP contribution in [0, 0.1) is 0 Å². The van der Waals surface area contributed by atoms with Gasteiger partial charge >= 0.3 is 0 Å². The van der Waals surface area contributed by atoms with Gasteiger partial charge in [-0.05, 0) is 31.0 Å². The summed E-state index contributed by atoms with van der Waals surface area (Å²) in [6.07, 6.45) is 7.42. The zero-order valence-corrected chi connectivity index (χ0v) is 16.1. The molecule has 5 heteroatoms. The normalized spacial score (nSPS) is 15.0. The van der Waals surface area contributed by atoms with E-state index in [0.29, 0.717) is 11.8 Å². The largest absolute Gasteiger partial charge is 0.309 e. The SMILES string of the molecule is O=C(CSc1ncnc2ccccc12)N(c1ccccc1)C1CCCCC1. The van der Waals surface area contributed by atoms with Crippen LogP contribution >= 0.6 is 11.8 Å². The minimum absolute atomic E-state index is 0.154. The van der Waals surface area contributed by atoms with Gasteiger partial charge in [0.1, 0.15) is 11.4 Å². The third kappa shape index (κ3) is 4.14. The highest BCUT2D eigenvalue weighted by atomic mass is 32.2. The summed E-state index contributed by atoms with van der Waals surface area (Å²) in [5.74, 6) is 0.535. The minimum atomic E-state index is 0.154. The second-order valence-corrected chi connectivity index (χ2v) is 7.84. The fraction of sp³-hybridized carbons (Fsp3) is 0.318. The molecule has 3 aromatic rings. The van der Waals surface area contributed by atoms with E-state index in [1.165, 1.54) is 31.0 Å². The molecule has 4 rings (SSSR count). The van der Waals surface area contributed by atoms with Crippen molar-refractivity contribution in [1.29, 1.82) is 0 Å². The van der Waals surface area contributed by atoms with E-state index < -0.39 is 0 Å². The number of hydrogen-bond donors (Lipinski definition) is 0. The summed E-state index contributed by atoms with van der Waals surface area (Å²) in [5.41, 5.74) is 1.91. The lowest BCUT2D eigenvalue weighted by molar-refractivity contribution is -0.116. The maximum atomic E-state index is 13.2. The number of carbonyl (C=O) groups is 1. The van der Waals surface area contributed by atoms with Crippen molar-refractivity contribution < 1.29 is 4.79 Å². The van der Waals surface area contributed by atoms with Gasteiger partial charge in [0.15, 0.2) is 0 Å². The summed E-state index contributed by atoms with van der Waals surface area (Å²) in [5, 5.41) is 1.87. The van der Waals surface area contributed by atoms with Crippen molar-refractivity contribution in [3.05, 3.63) is 60.9 Å². The quantitative estimate of drug-likeness (QED) is 0.459. The summed E-state index contributed by atoms with van der Waals surface area (Å²) < 4.78 is 0. The van der Waals surface area contributed by atoms with Crippen molar-refractivity contribution in [3.8, 4) is 0 Å². The molecule has 0 radical (unpaired) electrons. The fourth-order valence-electron chi connectivity index (χ4n) is 3.78. The number of rotatable bonds is 5. The third-order valence-electron chi connectivity index (χ3n) is 5.08.